The zero-order valence-corrected chi connectivity index (χ0v) is 18.6. The molecular formula is C21H17Br2ClN2O2. The highest BCUT2D eigenvalue weighted by atomic mass is 79.9. The number of carbonyl (C=O) groups excluding carboxylic acids is 1. The van der Waals surface area contributed by atoms with Crippen LogP contribution in [0.2, 0.25) is 5.02 Å². The van der Waals surface area contributed by atoms with Gasteiger partial charge in [-0.25, -0.2) is 0 Å². The van der Waals surface area contributed by atoms with Crippen molar-refractivity contribution in [3.63, 3.8) is 0 Å². The van der Waals surface area contributed by atoms with Gasteiger partial charge in [-0.1, -0.05) is 41.9 Å². The van der Waals surface area contributed by atoms with Crippen LogP contribution in [-0.2, 0) is 11.3 Å². The topological polar surface area (TPSA) is 50.4 Å². The molecule has 0 spiro atoms. The Hall–Kier alpha value is -2.02. The summed E-state index contributed by atoms with van der Waals surface area (Å²) in [6, 6.07) is 20.7. The van der Waals surface area contributed by atoms with Gasteiger partial charge in [0.2, 0.25) is 0 Å². The van der Waals surface area contributed by atoms with Crippen LogP contribution in [0, 0.1) is 0 Å². The molecule has 0 aliphatic carbocycles. The van der Waals surface area contributed by atoms with Crippen molar-refractivity contribution in [2.75, 3.05) is 17.2 Å². The van der Waals surface area contributed by atoms with Gasteiger partial charge in [0.25, 0.3) is 5.91 Å². The summed E-state index contributed by atoms with van der Waals surface area (Å²) in [5.74, 6) is 0.346. The molecule has 0 radical (unpaired) electrons. The fraction of sp³-hybridized carbons (Fsp3) is 0.0952. The first-order chi connectivity index (χ1) is 13.5. The van der Waals surface area contributed by atoms with Gasteiger partial charge in [0.1, 0.15) is 5.75 Å². The number of halogens is 3. The molecule has 28 heavy (non-hydrogen) atoms. The average Bonchev–Trinajstić information content (AvgIpc) is 2.67. The standard InChI is InChI=1S/C21H17Br2ClN2O2/c22-16-10-14(12-25-19-9-5-4-8-18(19)24)11-17(23)21(16)28-13-20(27)26-15-6-2-1-3-7-15/h1-11,25H,12-13H2,(H,26,27). The Morgan fingerprint density at radius 2 is 1.61 bits per heavy atom. The lowest BCUT2D eigenvalue weighted by molar-refractivity contribution is -0.118. The van der Waals surface area contributed by atoms with E-state index in [2.05, 4.69) is 42.5 Å². The summed E-state index contributed by atoms with van der Waals surface area (Å²) >= 11 is 13.2. The first-order valence-corrected chi connectivity index (χ1v) is 10.4. The summed E-state index contributed by atoms with van der Waals surface area (Å²) in [6.45, 7) is 0.499. The molecule has 3 aromatic rings. The molecule has 3 aromatic carbocycles. The zero-order chi connectivity index (χ0) is 19.9. The lowest BCUT2D eigenvalue weighted by Crippen LogP contribution is -2.20. The van der Waals surface area contributed by atoms with E-state index in [1.807, 2.05) is 66.7 Å². The molecule has 0 aliphatic rings. The highest BCUT2D eigenvalue weighted by molar-refractivity contribution is 9.11. The maximum absolute atomic E-state index is 12.1. The van der Waals surface area contributed by atoms with Crippen molar-refractivity contribution in [2.24, 2.45) is 0 Å². The molecule has 0 aliphatic heterocycles. The zero-order valence-electron chi connectivity index (χ0n) is 14.7. The number of carbonyl (C=O) groups is 1. The summed E-state index contributed by atoms with van der Waals surface area (Å²) in [6.07, 6.45) is 0. The molecule has 3 rings (SSSR count). The first kappa shape index (κ1) is 20.7. The lowest BCUT2D eigenvalue weighted by atomic mass is 10.2. The van der Waals surface area contributed by atoms with E-state index in [4.69, 9.17) is 16.3 Å². The Kier molecular flexibility index (Phi) is 7.36. The third-order valence-electron chi connectivity index (χ3n) is 3.82. The number of benzene rings is 3. The van der Waals surface area contributed by atoms with Gasteiger partial charge >= 0.3 is 0 Å². The van der Waals surface area contributed by atoms with E-state index >= 15 is 0 Å². The summed E-state index contributed by atoms with van der Waals surface area (Å²) in [5.41, 5.74) is 2.63. The van der Waals surface area contributed by atoms with Crippen molar-refractivity contribution in [2.45, 2.75) is 6.54 Å². The van der Waals surface area contributed by atoms with Crippen LogP contribution in [0.15, 0.2) is 75.7 Å². The number of nitrogens with one attached hydrogen (secondary N) is 2. The Morgan fingerprint density at radius 3 is 2.29 bits per heavy atom. The molecule has 0 aromatic heterocycles. The summed E-state index contributed by atoms with van der Waals surface area (Å²) in [5, 5.41) is 6.76. The summed E-state index contributed by atoms with van der Waals surface area (Å²) in [7, 11) is 0. The number of hydrogen-bond acceptors (Lipinski definition) is 3. The van der Waals surface area contributed by atoms with Crippen LogP contribution in [0.3, 0.4) is 0 Å². The van der Waals surface area contributed by atoms with Gasteiger partial charge in [-0.2, -0.15) is 0 Å². The van der Waals surface area contributed by atoms with Gasteiger partial charge in [-0.15, -0.1) is 0 Å². The number of amides is 1. The van der Waals surface area contributed by atoms with E-state index in [0.717, 1.165) is 25.9 Å². The molecule has 0 atom stereocenters. The number of anilines is 2. The van der Waals surface area contributed by atoms with Crippen molar-refractivity contribution in [1.82, 2.24) is 0 Å². The molecule has 4 nitrogen and oxygen atoms in total. The lowest BCUT2D eigenvalue weighted by Gasteiger charge is -2.14. The highest BCUT2D eigenvalue weighted by Crippen LogP contribution is 2.35. The maximum atomic E-state index is 12.1. The van der Waals surface area contributed by atoms with Crippen molar-refractivity contribution < 1.29 is 9.53 Å². The van der Waals surface area contributed by atoms with Gasteiger partial charge in [0, 0.05) is 12.2 Å². The van der Waals surface area contributed by atoms with E-state index in [1.54, 1.807) is 0 Å². The van der Waals surface area contributed by atoms with Crippen LogP contribution in [0.25, 0.3) is 0 Å². The molecule has 2 N–H and O–H groups in total. The number of para-hydroxylation sites is 2. The summed E-state index contributed by atoms with van der Waals surface area (Å²) in [4.78, 5) is 12.1. The minimum Gasteiger partial charge on any atom is -0.481 e. The molecule has 0 unspecified atom stereocenters. The molecule has 0 saturated carbocycles. The molecule has 0 heterocycles. The van der Waals surface area contributed by atoms with Gasteiger partial charge in [0.15, 0.2) is 6.61 Å². The SMILES string of the molecule is O=C(COc1c(Br)cc(CNc2ccccc2Cl)cc1Br)Nc1ccccc1. The highest BCUT2D eigenvalue weighted by Gasteiger charge is 2.12. The van der Waals surface area contributed by atoms with E-state index in [9.17, 15) is 4.79 Å². The van der Waals surface area contributed by atoms with E-state index in [0.29, 0.717) is 17.3 Å². The van der Waals surface area contributed by atoms with Gasteiger partial charge in [-0.3, -0.25) is 4.79 Å². The van der Waals surface area contributed by atoms with Crippen molar-refractivity contribution in [3.05, 3.63) is 86.3 Å². The molecule has 7 heteroatoms. The van der Waals surface area contributed by atoms with Crippen LogP contribution in [0.1, 0.15) is 5.56 Å². The molecule has 0 saturated heterocycles. The Labute approximate surface area is 185 Å². The van der Waals surface area contributed by atoms with E-state index in [1.165, 1.54) is 0 Å². The second-order valence-corrected chi connectivity index (χ2v) is 8.04. The number of hydrogen-bond donors (Lipinski definition) is 2. The Morgan fingerprint density at radius 1 is 0.964 bits per heavy atom. The molecule has 0 bridgehead atoms. The molecule has 144 valence electrons. The Bertz CT molecular complexity index is 945. The van der Waals surface area contributed by atoms with Crippen LogP contribution < -0.4 is 15.4 Å². The monoisotopic (exact) mass is 522 g/mol. The average molecular weight is 525 g/mol. The van der Waals surface area contributed by atoms with Crippen LogP contribution >= 0.6 is 43.5 Å². The van der Waals surface area contributed by atoms with Gasteiger partial charge in [0.05, 0.1) is 19.7 Å². The molecule has 0 fully saturated rings. The quantitative estimate of drug-likeness (QED) is 0.371. The minimum atomic E-state index is -0.227. The second-order valence-electron chi connectivity index (χ2n) is 5.92. The molecule has 1 amide bonds. The van der Waals surface area contributed by atoms with Crippen LogP contribution in [0.5, 0.6) is 5.75 Å². The van der Waals surface area contributed by atoms with Crippen molar-refractivity contribution in [1.29, 1.82) is 0 Å². The Balaban J connectivity index is 1.60. The van der Waals surface area contributed by atoms with Gasteiger partial charge < -0.3 is 15.4 Å². The third kappa shape index (κ3) is 5.74. The number of ether oxygens (including phenoxy) is 1. The summed E-state index contributed by atoms with van der Waals surface area (Å²) < 4.78 is 7.20. The third-order valence-corrected chi connectivity index (χ3v) is 5.33. The van der Waals surface area contributed by atoms with Gasteiger partial charge in [-0.05, 0) is 73.8 Å². The predicted molar refractivity (Wildman–Crippen MR) is 121 cm³/mol. The van der Waals surface area contributed by atoms with Crippen LogP contribution in [-0.4, -0.2) is 12.5 Å². The van der Waals surface area contributed by atoms with E-state index < -0.39 is 0 Å². The second kappa shape index (κ2) is 9.96. The fourth-order valence-corrected chi connectivity index (χ4v) is 4.22. The first-order valence-electron chi connectivity index (χ1n) is 8.47. The van der Waals surface area contributed by atoms with Crippen molar-refractivity contribution in [3.8, 4) is 5.75 Å². The normalized spacial score (nSPS) is 10.4. The predicted octanol–water partition coefficient (Wildman–Crippen LogP) is 6.49. The largest absolute Gasteiger partial charge is 0.481 e. The smallest absolute Gasteiger partial charge is 0.262 e. The minimum absolute atomic E-state index is 0.0939. The van der Waals surface area contributed by atoms with Crippen LogP contribution in [0.4, 0.5) is 11.4 Å². The van der Waals surface area contributed by atoms with E-state index in [-0.39, 0.29) is 12.5 Å². The fourth-order valence-electron chi connectivity index (χ4n) is 2.51. The number of rotatable bonds is 7. The van der Waals surface area contributed by atoms with Crippen molar-refractivity contribution >= 4 is 60.7 Å². The molecular weight excluding hydrogens is 508 g/mol. The maximum Gasteiger partial charge on any atom is 0.262 e.